The van der Waals surface area contributed by atoms with Gasteiger partial charge in [0.2, 0.25) is 5.28 Å². The molecule has 0 N–H and O–H groups in total. The SMILES string of the molecule is CN(c1cccc(C#CC(C)(C)S(C)(=O)=O)c1)c1nc2nnc(Cl)n2c2ccccc12. The van der Waals surface area contributed by atoms with Gasteiger partial charge in [0.1, 0.15) is 10.6 Å². The first-order valence-electron chi connectivity index (χ1n) is 9.44. The van der Waals surface area contributed by atoms with E-state index in [9.17, 15) is 8.42 Å². The Bertz CT molecular complexity index is 1480. The summed E-state index contributed by atoms with van der Waals surface area (Å²) < 4.78 is 24.4. The summed E-state index contributed by atoms with van der Waals surface area (Å²) in [6.07, 6.45) is 1.19. The van der Waals surface area contributed by atoms with Gasteiger partial charge in [-0.15, -0.1) is 10.2 Å². The fourth-order valence-corrected chi connectivity index (χ4v) is 3.48. The summed E-state index contributed by atoms with van der Waals surface area (Å²) in [5, 5.41) is 9.13. The summed E-state index contributed by atoms with van der Waals surface area (Å²) in [5.41, 5.74) is 2.39. The molecule has 0 radical (unpaired) electrons. The molecule has 4 aromatic rings. The molecule has 2 aromatic heterocycles. The molecule has 0 unspecified atom stereocenters. The lowest BCUT2D eigenvalue weighted by molar-refractivity contribution is 0.581. The molecule has 0 saturated heterocycles. The van der Waals surface area contributed by atoms with Crippen molar-refractivity contribution in [3.8, 4) is 11.8 Å². The molecule has 0 fully saturated rings. The van der Waals surface area contributed by atoms with Gasteiger partial charge in [0.15, 0.2) is 9.84 Å². The molecule has 2 aromatic carbocycles. The van der Waals surface area contributed by atoms with E-state index >= 15 is 0 Å². The highest BCUT2D eigenvalue weighted by molar-refractivity contribution is 7.92. The highest BCUT2D eigenvalue weighted by atomic mass is 35.5. The summed E-state index contributed by atoms with van der Waals surface area (Å²) in [5.74, 6) is 6.95. The molecule has 0 aliphatic carbocycles. The van der Waals surface area contributed by atoms with Crippen molar-refractivity contribution in [3.63, 3.8) is 0 Å². The zero-order chi connectivity index (χ0) is 22.4. The van der Waals surface area contributed by atoms with Gasteiger partial charge in [0.25, 0.3) is 5.78 Å². The highest BCUT2D eigenvalue weighted by Gasteiger charge is 2.27. The second-order valence-electron chi connectivity index (χ2n) is 7.70. The molecule has 7 nitrogen and oxygen atoms in total. The quantitative estimate of drug-likeness (QED) is 0.438. The Morgan fingerprint density at radius 1 is 1.10 bits per heavy atom. The van der Waals surface area contributed by atoms with Crippen LogP contribution in [-0.2, 0) is 9.84 Å². The van der Waals surface area contributed by atoms with Crippen LogP contribution in [0.1, 0.15) is 19.4 Å². The standard InChI is InChI=1S/C22H20ClN5O2S/c1-22(2,31(4,29)30)13-12-15-8-7-9-16(14-15)27(3)19-17-10-5-6-11-18(17)28-20(23)25-26-21(28)24-19/h5-11,14H,1-4H3. The number of sulfone groups is 1. The van der Waals surface area contributed by atoms with Gasteiger partial charge < -0.3 is 4.90 Å². The molecule has 0 aliphatic rings. The summed E-state index contributed by atoms with van der Waals surface area (Å²) in [4.78, 5) is 6.59. The average molecular weight is 454 g/mol. The lowest BCUT2D eigenvalue weighted by Crippen LogP contribution is -2.28. The third kappa shape index (κ3) is 3.82. The first-order valence-corrected chi connectivity index (χ1v) is 11.7. The predicted molar refractivity (Wildman–Crippen MR) is 124 cm³/mol. The van der Waals surface area contributed by atoms with Gasteiger partial charge in [0.05, 0.1) is 5.52 Å². The largest absolute Gasteiger partial charge is 0.329 e. The average Bonchev–Trinajstić information content (AvgIpc) is 3.11. The van der Waals surface area contributed by atoms with Crippen molar-refractivity contribution in [1.29, 1.82) is 0 Å². The van der Waals surface area contributed by atoms with Crippen molar-refractivity contribution in [3.05, 3.63) is 59.4 Å². The second kappa shape index (κ2) is 7.52. The number of aromatic nitrogens is 4. The molecule has 31 heavy (non-hydrogen) atoms. The zero-order valence-electron chi connectivity index (χ0n) is 17.5. The van der Waals surface area contributed by atoms with E-state index in [4.69, 9.17) is 11.6 Å². The molecule has 2 heterocycles. The third-order valence-corrected chi connectivity index (χ3v) is 7.38. The van der Waals surface area contributed by atoms with E-state index in [2.05, 4.69) is 27.0 Å². The first-order chi connectivity index (χ1) is 14.6. The van der Waals surface area contributed by atoms with Crippen LogP contribution in [0.2, 0.25) is 5.28 Å². The van der Waals surface area contributed by atoms with E-state index in [0.717, 1.165) is 16.6 Å². The number of halogens is 1. The number of nitrogens with zero attached hydrogens (tertiary/aromatic N) is 5. The zero-order valence-corrected chi connectivity index (χ0v) is 19.0. The van der Waals surface area contributed by atoms with E-state index in [1.54, 1.807) is 18.2 Å². The van der Waals surface area contributed by atoms with Crippen LogP contribution in [-0.4, -0.2) is 46.1 Å². The van der Waals surface area contributed by atoms with Crippen LogP contribution in [0.25, 0.3) is 16.7 Å². The van der Waals surface area contributed by atoms with Crippen molar-refractivity contribution in [2.75, 3.05) is 18.2 Å². The highest BCUT2D eigenvalue weighted by Crippen LogP contribution is 2.31. The fourth-order valence-electron chi connectivity index (χ4n) is 3.04. The maximum Gasteiger partial charge on any atom is 0.258 e. The van der Waals surface area contributed by atoms with Gasteiger partial charge in [0, 0.05) is 29.9 Å². The molecule has 4 rings (SSSR count). The lowest BCUT2D eigenvalue weighted by Gasteiger charge is -2.21. The molecular weight excluding hydrogens is 434 g/mol. The van der Waals surface area contributed by atoms with E-state index in [0.29, 0.717) is 17.2 Å². The monoisotopic (exact) mass is 453 g/mol. The predicted octanol–water partition coefficient (Wildman–Crippen LogP) is 3.87. The molecular formula is C22H20ClN5O2S. The number of rotatable bonds is 3. The van der Waals surface area contributed by atoms with Gasteiger partial charge in [-0.25, -0.2) is 12.8 Å². The van der Waals surface area contributed by atoms with Crippen molar-refractivity contribution in [1.82, 2.24) is 19.6 Å². The van der Waals surface area contributed by atoms with Crippen LogP contribution in [0.15, 0.2) is 48.5 Å². The Morgan fingerprint density at radius 2 is 1.84 bits per heavy atom. The van der Waals surface area contributed by atoms with Gasteiger partial charge in [-0.1, -0.05) is 30.0 Å². The van der Waals surface area contributed by atoms with Crippen LogP contribution in [0.3, 0.4) is 0 Å². The molecule has 158 valence electrons. The summed E-state index contributed by atoms with van der Waals surface area (Å²) in [6, 6.07) is 15.3. The minimum absolute atomic E-state index is 0.249. The van der Waals surface area contributed by atoms with Crippen LogP contribution < -0.4 is 4.90 Å². The number of anilines is 2. The Labute approximate surface area is 185 Å². The van der Waals surface area contributed by atoms with E-state index in [-0.39, 0.29) is 5.28 Å². The Balaban J connectivity index is 1.80. The molecule has 0 bridgehead atoms. The van der Waals surface area contributed by atoms with Crippen molar-refractivity contribution >= 4 is 49.6 Å². The first kappa shape index (κ1) is 21.1. The Kier molecular flexibility index (Phi) is 5.12. The minimum Gasteiger partial charge on any atom is -0.329 e. The normalized spacial score (nSPS) is 12.0. The summed E-state index contributed by atoms with van der Waals surface area (Å²) in [7, 11) is -1.41. The third-order valence-electron chi connectivity index (χ3n) is 5.18. The molecule has 9 heteroatoms. The van der Waals surface area contributed by atoms with Gasteiger partial charge in [-0.2, -0.15) is 4.98 Å². The maximum atomic E-state index is 11.9. The molecule has 0 amide bonds. The Morgan fingerprint density at radius 3 is 2.58 bits per heavy atom. The van der Waals surface area contributed by atoms with Crippen molar-refractivity contribution in [2.24, 2.45) is 0 Å². The van der Waals surface area contributed by atoms with Gasteiger partial charge in [-0.05, 0) is 55.8 Å². The molecule has 0 atom stereocenters. The number of hydrogen-bond acceptors (Lipinski definition) is 6. The topological polar surface area (TPSA) is 80.5 Å². The summed E-state index contributed by atoms with van der Waals surface area (Å²) in [6.45, 7) is 3.19. The van der Waals surface area contributed by atoms with E-state index in [1.807, 2.05) is 60.5 Å². The number of para-hydroxylation sites is 1. The molecule has 0 spiro atoms. The minimum atomic E-state index is -3.31. The van der Waals surface area contributed by atoms with Crippen molar-refractivity contribution in [2.45, 2.75) is 18.6 Å². The van der Waals surface area contributed by atoms with E-state index in [1.165, 1.54) is 6.26 Å². The smallest absolute Gasteiger partial charge is 0.258 e. The van der Waals surface area contributed by atoms with Gasteiger partial charge in [-0.3, -0.25) is 0 Å². The van der Waals surface area contributed by atoms with Crippen molar-refractivity contribution < 1.29 is 8.42 Å². The van der Waals surface area contributed by atoms with Gasteiger partial charge >= 0.3 is 0 Å². The Hall–Kier alpha value is -3.15. The van der Waals surface area contributed by atoms with Crippen LogP contribution in [0.4, 0.5) is 11.5 Å². The molecule has 0 saturated carbocycles. The maximum absolute atomic E-state index is 11.9. The number of fused-ring (bicyclic) bond motifs is 3. The lowest BCUT2D eigenvalue weighted by atomic mass is 10.1. The number of hydrogen-bond donors (Lipinski definition) is 0. The summed E-state index contributed by atoms with van der Waals surface area (Å²) >= 11 is 6.20. The van der Waals surface area contributed by atoms with Crippen LogP contribution in [0, 0.1) is 11.8 Å². The van der Waals surface area contributed by atoms with E-state index < -0.39 is 14.6 Å². The second-order valence-corrected chi connectivity index (χ2v) is 10.6. The van der Waals surface area contributed by atoms with Crippen LogP contribution >= 0.6 is 11.6 Å². The fraction of sp³-hybridized carbons (Fsp3) is 0.227. The van der Waals surface area contributed by atoms with Crippen LogP contribution in [0.5, 0.6) is 0 Å². The number of benzene rings is 2. The molecule has 0 aliphatic heterocycles.